The maximum atomic E-state index is 13.8. The highest BCUT2D eigenvalue weighted by molar-refractivity contribution is 7.09. The van der Waals surface area contributed by atoms with E-state index < -0.39 is 0 Å². The van der Waals surface area contributed by atoms with Gasteiger partial charge < -0.3 is 5.32 Å². The van der Waals surface area contributed by atoms with Crippen LogP contribution in [0.1, 0.15) is 29.8 Å². The quantitative estimate of drug-likeness (QED) is 0.872. The lowest BCUT2D eigenvalue weighted by Gasteiger charge is -2.18. The van der Waals surface area contributed by atoms with Crippen molar-refractivity contribution in [1.82, 2.24) is 15.3 Å². The molecule has 2 aromatic rings. The summed E-state index contributed by atoms with van der Waals surface area (Å²) in [6.07, 6.45) is 6.51. The molecular formula is C13H16FN3S. The molecule has 18 heavy (non-hydrogen) atoms. The van der Waals surface area contributed by atoms with Crippen LogP contribution in [0.5, 0.6) is 0 Å². The van der Waals surface area contributed by atoms with Gasteiger partial charge in [-0.1, -0.05) is 6.92 Å². The van der Waals surface area contributed by atoms with Crippen molar-refractivity contribution in [3.63, 3.8) is 0 Å². The van der Waals surface area contributed by atoms with E-state index in [0.29, 0.717) is 5.56 Å². The number of nitrogens with zero attached hydrogens (tertiary/aromatic N) is 2. The van der Waals surface area contributed by atoms with Crippen LogP contribution in [0.25, 0.3) is 0 Å². The Bertz CT molecular complexity index is 473. The van der Waals surface area contributed by atoms with Gasteiger partial charge in [0.25, 0.3) is 0 Å². The molecule has 0 aromatic carbocycles. The number of halogens is 1. The Balaban J connectivity index is 2.16. The Labute approximate surface area is 110 Å². The van der Waals surface area contributed by atoms with Crippen molar-refractivity contribution in [1.29, 1.82) is 0 Å². The maximum absolute atomic E-state index is 13.8. The van der Waals surface area contributed by atoms with E-state index in [4.69, 9.17) is 0 Å². The molecule has 3 nitrogen and oxygen atoms in total. The molecule has 1 atom stereocenters. The van der Waals surface area contributed by atoms with Gasteiger partial charge in [0.15, 0.2) is 0 Å². The SMILES string of the molecule is CCCNC(Cc1cncs1)c1ccncc1F. The number of hydrogen-bond donors (Lipinski definition) is 1. The standard InChI is InChI=1S/C13H16FN3S/c1-2-4-17-13(6-10-7-16-9-18-10)11-3-5-15-8-12(11)14/h3,5,7-9,13,17H,2,4,6H2,1H3. The largest absolute Gasteiger partial charge is 0.310 e. The molecule has 0 radical (unpaired) electrons. The number of hydrogen-bond acceptors (Lipinski definition) is 4. The molecule has 0 amide bonds. The summed E-state index contributed by atoms with van der Waals surface area (Å²) in [4.78, 5) is 9.00. The molecule has 2 rings (SSSR count). The third-order valence-corrected chi connectivity index (χ3v) is 3.51. The molecule has 0 bridgehead atoms. The summed E-state index contributed by atoms with van der Waals surface area (Å²) in [5.74, 6) is -0.254. The van der Waals surface area contributed by atoms with Crippen molar-refractivity contribution in [3.05, 3.63) is 46.4 Å². The van der Waals surface area contributed by atoms with E-state index in [1.165, 1.54) is 6.20 Å². The summed E-state index contributed by atoms with van der Waals surface area (Å²) < 4.78 is 13.8. The summed E-state index contributed by atoms with van der Waals surface area (Å²) >= 11 is 1.60. The van der Waals surface area contributed by atoms with Gasteiger partial charge in [-0.25, -0.2) is 4.39 Å². The van der Waals surface area contributed by atoms with E-state index in [9.17, 15) is 4.39 Å². The van der Waals surface area contributed by atoms with E-state index >= 15 is 0 Å². The topological polar surface area (TPSA) is 37.8 Å². The fourth-order valence-corrected chi connectivity index (χ4v) is 2.47. The van der Waals surface area contributed by atoms with Gasteiger partial charge in [-0.15, -0.1) is 11.3 Å². The van der Waals surface area contributed by atoms with E-state index in [-0.39, 0.29) is 11.9 Å². The molecule has 2 heterocycles. The van der Waals surface area contributed by atoms with E-state index in [0.717, 1.165) is 24.3 Å². The molecule has 5 heteroatoms. The van der Waals surface area contributed by atoms with Crippen LogP contribution >= 0.6 is 11.3 Å². The Hall–Kier alpha value is -1.33. The molecule has 0 spiro atoms. The first-order valence-corrected chi connectivity index (χ1v) is 6.89. The summed E-state index contributed by atoms with van der Waals surface area (Å²) in [7, 11) is 0. The number of pyridine rings is 1. The lowest BCUT2D eigenvalue weighted by molar-refractivity contribution is 0.497. The van der Waals surface area contributed by atoms with Crippen LogP contribution in [0.3, 0.4) is 0 Å². The molecule has 0 aliphatic heterocycles. The Morgan fingerprint density at radius 1 is 1.39 bits per heavy atom. The highest BCUT2D eigenvalue weighted by Gasteiger charge is 2.16. The molecule has 0 saturated carbocycles. The third-order valence-electron chi connectivity index (χ3n) is 2.71. The van der Waals surface area contributed by atoms with Crippen molar-refractivity contribution in [2.24, 2.45) is 0 Å². The van der Waals surface area contributed by atoms with Crippen LogP contribution < -0.4 is 5.32 Å². The van der Waals surface area contributed by atoms with Gasteiger partial charge in [-0.3, -0.25) is 9.97 Å². The van der Waals surface area contributed by atoms with Crippen LogP contribution in [0.15, 0.2) is 30.2 Å². The second-order valence-electron chi connectivity index (χ2n) is 4.08. The normalized spacial score (nSPS) is 12.6. The number of rotatable bonds is 6. The van der Waals surface area contributed by atoms with Gasteiger partial charge in [0.2, 0.25) is 0 Å². The fourth-order valence-electron chi connectivity index (χ4n) is 1.82. The van der Waals surface area contributed by atoms with Crippen LogP contribution in [0.2, 0.25) is 0 Å². The van der Waals surface area contributed by atoms with Crippen molar-refractivity contribution in [2.45, 2.75) is 25.8 Å². The molecule has 0 aliphatic rings. The molecular weight excluding hydrogens is 249 g/mol. The smallest absolute Gasteiger partial charge is 0.146 e. The first-order chi connectivity index (χ1) is 8.81. The zero-order valence-electron chi connectivity index (χ0n) is 10.3. The lowest BCUT2D eigenvalue weighted by Crippen LogP contribution is -2.24. The van der Waals surface area contributed by atoms with Crippen molar-refractivity contribution in [2.75, 3.05) is 6.54 Å². The lowest BCUT2D eigenvalue weighted by atomic mass is 10.0. The molecule has 0 aliphatic carbocycles. The van der Waals surface area contributed by atoms with Crippen molar-refractivity contribution in [3.8, 4) is 0 Å². The number of aromatic nitrogens is 2. The fraction of sp³-hybridized carbons (Fsp3) is 0.385. The van der Waals surface area contributed by atoms with Gasteiger partial charge in [-0.2, -0.15) is 0 Å². The predicted octanol–water partition coefficient (Wildman–Crippen LogP) is 2.96. The molecule has 2 aromatic heterocycles. The Kier molecular flexibility index (Phi) is 4.78. The van der Waals surface area contributed by atoms with E-state index in [2.05, 4.69) is 22.2 Å². The van der Waals surface area contributed by atoms with Gasteiger partial charge in [0.1, 0.15) is 5.82 Å². The zero-order chi connectivity index (χ0) is 12.8. The number of nitrogens with one attached hydrogen (secondary N) is 1. The number of thiazole rings is 1. The predicted molar refractivity (Wildman–Crippen MR) is 71.0 cm³/mol. The molecule has 1 unspecified atom stereocenters. The molecule has 0 saturated heterocycles. The van der Waals surface area contributed by atoms with Crippen LogP contribution in [-0.4, -0.2) is 16.5 Å². The Morgan fingerprint density at radius 3 is 2.94 bits per heavy atom. The van der Waals surface area contributed by atoms with Gasteiger partial charge >= 0.3 is 0 Å². The van der Waals surface area contributed by atoms with Gasteiger partial charge in [-0.05, 0) is 19.0 Å². The maximum Gasteiger partial charge on any atom is 0.146 e. The second kappa shape index (κ2) is 6.56. The highest BCUT2D eigenvalue weighted by Crippen LogP contribution is 2.22. The molecule has 96 valence electrons. The van der Waals surface area contributed by atoms with Crippen LogP contribution in [-0.2, 0) is 6.42 Å². The summed E-state index contributed by atoms with van der Waals surface area (Å²) in [5, 5.41) is 3.38. The minimum atomic E-state index is -0.254. The van der Waals surface area contributed by atoms with Gasteiger partial charge in [0.05, 0.1) is 11.7 Å². The van der Waals surface area contributed by atoms with Crippen molar-refractivity contribution < 1.29 is 4.39 Å². The van der Waals surface area contributed by atoms with Gasteiger partial charge in [0, 0.05) is 35.3 Å². The summed E-state index contributed by atoms with van der Waals surface area (Å²) in [6.45, 7) is 2.96. The highest BCUT2D eigenvalue weighted by atomic mass is 32.1. The summed E-state index contributed by atoms with van der Waals surface area (Å²) in [5.41, 5.74) is 2.47. The second-order valence-corrected chi connectivity index (χ2v) is 5.05. The van der Waals surface area contributed by atoms with E-state index in [1.807, 2.05) is 6.20 Å². The first-order valence-electron chi connectivity index (χ1n) is 6.01. The zero-order valence-corrected chi connectivity index (χ0v) is 11.1. The average molecular weight is 265 g/mol. The Morgan fingerprint density at radius 2 is 2.28 bits per heavy atom. The van der Waals surface area contributed by atoms with E-state index in [1.54, 1.807) is 29.1 Å². The molecule has 1 N–H and O–H groups in total. The monoisotopic (exact) mass is 265 g/mol. The van der Waals surface area contributed by atoms with Crippen LogP contribution in [0.4, 0.5) is 4.39 Å². The summed E-state index contributed by atoms with van der Waals surface area (Å²) in [6, 6.07) is 1.72. The third kappa shape index (κ3) is 3.34. The minimum absolute atomic E-state index is 0.0200. The molecule has 0 fully saturated rings. The van der Waals surface area contributed by atoms with Crippen LogP contribution in [0, 0.1) is 5.82 Å². The van der Waals surface area contributed by atoms with Crippen molar-refractivity contribution >= 4 is 11.3 Å². The average Bonchev–Trinajstić information content (AvgIpc) is 2.88. The minimum Gasteiger partial charge on any atom is -0.310 e. The first kappa shape index (κ1) is 13.1.